The molecule has 5 nitrogen and oxygen atoms in total. The van der Waals surface area contributed by atoms with Gasteiger partial charge in [0.2, 0.25) is 0 Å². The first-order chi connectivity index (χ1) is 9.11. The van der Waals surface area contributed by atoms with E-state index < -0.39 is 0 Å². The smallest absolute Gasteiger partial charge is 0.313 e. The Hall–Kier alpha value is -0.750. The van der Waals surface area contributed by atoms with Gasteiger partial charge in [-0.05, 0) is 38.1 Å². The molecular weight excluding hydrogens is 260 g/mol. The van der Waals surface area contributed by atoms with Crippen molar-refractivity contribution in [2.45, 2.75) is 56.0 Å². The van der Waals surface area contributed by atoms with Crippen molar-refractivity contribution in [3.63, 3.8) is 0 Å². The van der Waals surface area contributed by atoms with E-state index in [0.29, 0.717) is 11.3 Å². The summed E-state index contributed by atoms with van der Waals surface area (Å²) in [5.74, 6) is 0.758. The molecule has 2 N–H and O–H groups in total. The molecule has 1 aliphatic rings. The van der Waals surface area contributed by atoms with Crippen LogP contribution in [0.4, 0.5) is 0 Å². The summed E-state index contributed by atoms with van der Waals surface area (Å²) in [5.41, 5.74) is -0.135. The molecule has 0 spiro atoms. The van der Waals surface area contributed by atoms with Gasteiger partial charge >= 0.3 is 5.69 Å². The summed E-state index contributed by atoms with van der Waals surface area (Å²) in [6.07, 6.45) is 4.85. The first kappa shape index (κ1) is 14.7. The summed E-state index contributed by atoms with van der Waals surface area (Å²) in [4.78, 5) is 11.4. The molecule has 1 aliphatic carbocycles. The van der Waals surface area contributed by atoms with E-state index in [2.05, 4.69) is 29.4 Å². The van der Waals surface area contributed by atoms with Crippen molar-refractivity contribution in [3.8, 4) is 0 Å². The van der Waals surface area contributed by atoms with Gasteiger partial charge in [-0.15, -0.1) is 5.10 Å². The predicted octanol–water partition coefficient (Wildman–Crippen LogP) is 1.76. The Morgan fingerprint density at radius 2 is 2.32 bits per heavy atom. The summed E-state index contributed by atoms with van der Waals surface area (Å²) >= 11 is 1.73. The third kappa shape index (κ3) is 3.63. The second-order valence-electron chi connectivity index (χ2n) is 5.51. The van der Waals surface area contributed by atoms with Gasteiger partial charge in [0, 0.05) is 18.3 Å². The van der Waals surface area contributed by atoms with Crippen LogP contribution in [0.2, 0.25) is 0 Å². The molecule has 6 heteroatoms. The molecule has 1 aromatic rings. The third-order valence-corrected chi connectivity index (χ3v) is 5.21. The van der Waals surface area contributed by atoms with Crippen LogP contribution < -0.4 is 11.0 Å². The number of thioether (sulfide) groups is 1. The van der Waals surface area contributed by atoms with E-state index in [1.807, 2.05) is 0 Å². The zero-order valence-electron chi connectivity index (χ0n) is 12.0. The second-order valence-corrected chi connectivity index (χ2v) is 6.71. The number of rotatable bonds is 5. The number of nitrogens with one attached hydrogen (secondary N) is 2. The molecule has 0 bridgehead atoms. The van der Waals surface area contributed by atoms with Crippen LogP contribution >= 0.6 is 11.8 Å². The van der Waals surface area contributed by atoms with E-state index in [0.717, 1.165) is 24.0 Å². The van der Waals surface area contributed by atoms with Crippen molar-refractivity contribution >= 4 is 11.8 Å². The van der Waals surface area contributed by atoms with Crippen LogP contribution in [0.5, 0.6) is 0 Å². The Kier molecular flexibility index (Phi) is 5.10. The van der Waals surface area contributed by atoms with Crippen LogP contribution in [0, 0.1) is 5.92 Å². The molecule has 0 amide bonds. The first-order valence-electron chi connectivity index (χ1n) is 7.13. The average Bonchev–Trinajstić information content (AvgIpc) is 2.70. The minimum atomic E-state index is -0.135. The molecule has 3 atom stereocenters. The Morgan fingerprint density at radius 1 is 1.53 bits per heavy atom. The maximum Gasteiger partial charge on any atom is 0.343 e. The topological polar surface area (TPSA) is 62.7 Å². The zero-order valence-corrected chi connectivity index (χ0v) is 12.8. The van der Waals surface area contributed by atoms with E-state index in [4.69, 9.17) is 0 Å². The molecule has 3 unspecified atom stereocenters. The van der Waals surface area contributed by atoms with E-state index >= 15 is 0 Å². The van der Waals surface area contributed by atoms with Gasteiger partial charge in [-0.3, -0.25) is 4.57 Å². The van der Waals surface area contributed by atoms with Crippen molar-refractivity contribution in [2.24, 2.45) is 13.0 Å². The maximum absolute atomic E-state index is 11.4. The lowest BCUT2D eigenvalue weighted by Crippen LogP contribution is -2.42. The summed E-state index contributed by atoms with van der Waals surface area (Å²) in [6.45, 7) is 5.57. The lowest BCUT2D eigenvalue weighted by atomic mass is 9.87. The fourth-order valence-electron chi connectivity index (χ4n) is 2.60. The Morgan fingerprint density at radius 3 is 2.95 bits per heavy atom. The molecule has 1 saturated carbocycles. The molecule has 0 aliphatic heterocycles. The van der Waals surface area contributed by atoms with Gasteiger partial charge in [0.1, 0.15) is 0 Å². The summed E-state index contributed by atoms with van der Waals surface area (Å²) < 4.78 is 1.60. The lowest BCUT2D eigenvalue weighted by Gasteiger charge is -2.34. The van der Waals surface area contributed by atoms with Crippen LogP contribution in [0.15, 0.2) is 9.95 Å². The number of aromatic amines is 1. The SMILES string of the molecule is CCCNC1CCC(C)CC1Sc1n[nH]c(=O)n1C. The van der Waals surface area contributed by atoms with Crippen molar-refractivity contribution in [2.75, 3.05) is 6.54 Å². The fraction of sp³-hybridized carbons (Fsp3) is 0.846. The number of hydrogen-bond acceptors (Lipinski definition) is 4. The minimum Gasteiger partial charge on any atom is -0.313 e. The fourth-order valence-corrected chi connectivity index (χ4v) is 4.03. The van der Waals surface area contributed by atoms with Crippen molar-refractivity contribution < 1.29 is 0 Å². The molecule has 0 radical (unpaired) electrons. The summed E-state index contributed by atoms with van der Waals surface area (Å²) in [6, 6.07) is 0.535. The quantitative estimate of drug-likeness (QED) is 0.865. The molecule has 2 rings (SSSR count). The zero-order chi connectivity index (χ0) is 13.8. The van der Waals surface area contributed by atoms with Crippen LogP contribution in [-0.4, -0.2) is 32.6 Å². The Balaban J connectivity index is 2.05. The molecule has 1 fully saturated rings. The van der Waals surface area contributed by atoms with Gasteiger partial charge in [-0.2, -0.15) is 0 Å². The van der Waals surface area contributed by atoms with Crippen molar-refractivity contribution in [1.29, 1.82) is 0 Å². The molecule has 108 valence electrons. The predicted molar refractivity (Wildman–Crippen MR) is 78.6 cm³/mol. The Labute approximate surface area is 118 Å². The van der Waals surface area contributed by atoms with Gasteiger partial charge in [0.25, 0.3) is 0 Å². The number of aromatic nitrogens is 3. The van der Waals surface area contributed by atoms with E-state index in [9.17, 15) is 4.79 Å². The summed E-state index contributed by atoms with van der Waals surface area (Å²) in [7, 11) is 1.77. The van der Waals surface area contributed by atoms with Crippen LogP contribution in [0.1, 0.15) is 39.5 Å². The molecule has 1 heterocycles. The Bertz CT molecular complexity index is 454. The van der Waals surface area contributed by atoms with Crippen molar-refractivity contribution in [3.05, 3.63) is 10.5 Å². The average molecular weight is 284 g/mol. The second kappa shape index (κ2) is 6.61. The van der Waals surface area contributed by atoms with Crippen molar-refractivity contribution in [1.82, 2.24) is 20.1 Å². The van der Waals surface area contributed by atoms with E-state index in [1.54, 1.807) is 23.4 Å². The van der Waals surface area contributed by atoms with Gasteiger partial charge in [-0.1, -0.05) is 25.6 Å². The van der Waals surface area contributed by atoms with Gasteiger partial charge in [0.05, 0.1) is 0 Å². The number of hydrogen-bond donors (Lipinski definition) is 2. The highest BCUT2D eigenvalue weighted by Crippen LogP contribution is 2.35. The van der Waals surface area contributed by atoms with E-state index in [1.165, 1.54) is 19.3 Å². The standard InChI is InChI=1S/C13H24N4OS/c1-4-7-14-10-6-5-9(2)8-11(10)19-13-16-15-12(18)17(13)3/h9-11,14H,4-8H2,1-3H3,(H,15,18). The number of H-pyrrole nitrogens is 1. The van der Waals surface area contributed by atoms with Crippen LogP contribution in [0.25, 0.3) is 0 Å². The highest BCUT2D eigenvalue weighted by Gasteiger charge is 2.30. The molecule has 1 aromatic heterocycles. The molecule has 0 aromatic carbocycles. The van der Waals surface area contributed by atoms with Gasteiger partial charge < -0.3 is 5.32 Å². The highest BCUT2D eigenvalue weighted by atomic mass is 32.2. The monoisotopic (exact) mass is 284 g/mol. The first-order valence-corrected chi connectivity index (χ1v) is 8.01. The highest BCUT2D eigenvalue weighted by molar-refractivity contribution is 7.99. The molecule has 0 saturated heterocycles. The van der Waals surface area contributed by atoms with E-state index in [-0.39, 0.29) is 5.69 Å². The van der Waals surface area contributed by atoms with Crippen LogP contribution in [0.3, 0.4) is 0 Å². The van der Waals surface area contributed by atoms with Gasteiger partial charge in [-0.25, -0.2) is 9.89 Å². The normalized spacial score (nSPS) is 27.6. The minimum absolute atomic E-state index is 0.135. The third-order valence-electron chi connectivity index (χ3n) is 3.81. The van der Waals surface area contributed by atoms with Gasteiger partial charge in [0.15, 0.2) is 5.16 Å². The molecule has 19 heavy (non-hydrogen) atoms. The van der Waals surface area contributed by atoms with Crippen LogP contribution in [-0.2, 0) is 7.05 Å². The molecular formula is C13H24N4OS. The number of nitrogens with zero attached hydrogens (tertiary/aromatic N) is 2. The largest absolute Gasteiger partial charge is 0.343 e. The maximum atomic E-state index is 11.4. The summed E-state index contributed by atoms with van der Waals surface area (Å²) in [5, 5.41) is 11.6. The lowest BCUT2D eigenvalue weighted by molar-refractivity contribution is 0.317.